The Morgan fingerprint density at radius 2 is 1.96 bits per heavy atom. The maximum atomic E-state index is 12.3. The van der Waals surface area contributed by atoms with Crippen LogP contribution in [0.4, 0.5) is 0 Å². The van der Waals surface area contributed by atoms with Crippen LogP contribution in [-0.2, 0) is 9.53 Å². The highest BCUT2D eigenvalue weighted by Crippen LogP contribution is 2.23. The lowest BCUT2D eigenvalue weighted by atomic mass is 10.1. The van der Waals surface area contributed by atoms with Crippen LogP contribution in [0, 0.1) is 6.92 Å². The van der Waals surface area contributed by atoms with E-state index in [0.29, 0.717) is 23.0 Å². The van der Waals surface area contributed by atoms with Gasteiger partial charge in [0.1, 0.15) is 11.9 Å². The molecule has 2 rings (SSSR count). The lowest BCUT2D eigenvalue weighted by Gasteiger charge is -2.21. The van der Waals surface area contributed by atoms with Gasteiger partial charge in [-0.2, -0.15) is 0 Å². The molecule has 1 N–H and O–H groups in total. The summed E-state index contributed by atoms with van der Waals surface area (Å²) in [7, 11) is 0. The van der Waals surface area contributed by atoms with Crippen molar-refractivity contribution in [1.82, 2.24) is 15.3 Å². The predicted octanol–water partition coefficient (Wildman–Crippen LogP) is 3.21. The number of hydrogen-bond acceptors (Lipinski definition) is 4. The number of aromatic nitrogens is 2. The van der Waals surface area contributed by atoms with Crippen LogP contribution in [0.25, 0.3) is 0 Å². The number of allylic oxidation sites excluding steroid dienone is 2. The third kappa shape index (κ3) is 5.15. The maximum absolute atomic E-state index is 12.3. The van der Waals surface area contributed by atoms with Crippen molar-refractivity contribution in [3.05, 3.63) is 46.5 Å². The summed E-state index contributed by atoms with van der Waals surface area (Å²) >= 11 is 6.09. The van der Waals surface area contributed by atoms with Crippen molar-refractivity contribution in [1.29, 1.82) is 0 Å². The van der Waals surface area contributed by atoms with Gasteiger partial charge in [-0.3, -0.25) is 4.79 Å². The van der Waals surface area contributed by atoms with E-state index >= 15 is 0 Å². The molecule has 1 aromatic heterocycles. The summed E-state index contributed by atoms with van der Waals surface area (Å²) in [6.45, 7) is 6.07. The molecule has 0 saturated carbocycles. The largest absolute Gasteiger partial charge is 0.369 e. The molecular weight excluding hydrogens is 314 g/mol. The first kappa shape index (κ1) is 17.6. The zero-order valence-corrected chi connectivity index (χ0v) is 14.4. The highest BCUT2D eigenvalue weighted by atomic mass is 35.5. The molecule has 0 radical (unpaired) electrons. The second-order valence-electron chi connectivity index (χ2n) is 5.69. The standard InChI is InChI=1S/C17H22ClN3O2/c1-11(2)23-16(13-8-19-12(3)20-9-13)10-21-17(22)14-6-4-5-7-15(14)18/h6-9,11,16H,4-5,10H2,1-3H3,(H,21,22). The fourth-order valence-electron chi connectivity index (χ4n) is 2.27. The van der Waals surface area contributed by atoms with Crippen LogP contribution in [0.1, 0.15) is 44.2 Å². The van der Waals surface area contributed by atoms with Gasteiger partial charge in [-0.15, -0.1) is 0 Å². The SMILES string of the molecule is Cc1ncc(C(CNC(=O)C2=CCCC=C2Cl)OC(C)C)cn1. The molecule has 1 amide bonds. The monoisotopic (exact) mass is 335 g/mol. The fraction of sp³-hybridized carbons (Fsp3) is 0.471. The number of halogens is 1. The first-order chi connectivity index (χ1) is 11.0. The molecule has 0 saturated heterocycles. The second-order valence-corrected chi connectivity index (χ2v) is 6.10. The zero-order chi connectivity index (χ0) is 16.8. The lowest BCUT2D eigenvalue weighted by Crippen LogP contribution is -2.32. The van der Waals surface area contributed by atoms with Gasteiger partial charge in [0.2, 0.25) is 0 Å². The number of nitrogens with zero attached hydrogens (tertiary/aromatic N) is 2. The van der Waals surface area contributed by atoms with E-state index < -0.39 is 0 Å². The average molecular weight is 336 g/mol. The number of aryl methyl sites for hydroxylation is 1. The van der Waals surface area contributed by atoms with E-state index in [0.717, 1.165) is 18.4 Å². The van der Waals surface area contributed by atoms with Crippen molar-refractivity contribution >= 4 is 17.5 Å². The first-order valence-electron chi connectivity index (χ1n) is 7.75. The van der Waals surface area contributed by atoms with Gasteiger partial charge in [0.05, 0.1) is 11.7 Å². The number of rotatable bonds is 6. The molecule has 124 valence electrons. The molecular formula is C17H22ClN3O2. The van der Waals surface area contributed by atoms with Gasteiger partial charge in [0.25, 0.3) is 5.91 Å². The van der Waals surface area contributed by atoms with Crippen LogP contribution in [0.5, 0.6) is 0 Å². The fourth-order valence-corrected chi connectivity index (χ4v) is 2.54. The van der Waals surface area contributed by atoms with Crippen molar-refractivity contribution in [3.63, 3.8) is 0 Å². The van der Waals surface area contributed by atoms with Crippen LogP contribution in [-0.4, -0.2) is 28.5 Å². The second kappa shape index (κ2) is 8.22. The summed E-state index contributed by atoms with van der Waals surface area (Å²) in [5.74, 6) is 0.515. The number of hydrogen-bond donors (Lipinski definition) is 1. The molecule has 1 atom stereocenters. The van der Waals surface area contributed by atoms with Crippen molar-refractivity contribution in [2.75, 3.05) is 6.54 Å². The van der Waals surface area contributed by atoms with Crippen LogP contribution < -0.4 is 5.32 Å². The first-order valence-corrected chi connectivity index (χ1v) is 8.13. The smallest absolute Gasteiger partial charge is 0.252 e. The topological polar surface area (TPSA) is 64.1 Å². The number of nitrogens with one attached hydrogen (secondary N) is 1. The summed E-state index contributed by atoms with van der Waals surface area (Å²) in [5.41, 5.74) is 1.37. The molecule has 5 nitrogen and oxygen atoms in total. The summed E-state index contributed by atoms with van der Waals surface area (Å²) in [6, 6.07) is 0. The molecule has 0 aromatic carbocycles. The van der Waals surface area contributed by atoms with Gasteiger partial charge < -0.3 is 10.1 Å². The van der Waals surface area contributed by atoms with Gasteiger partial charge in [0.15, 0.2) is 0 Å². The van der Waals surface area contributed by atoms with Crippen molar-refractivity contribution in [2.45, 2.75) is 45.8 Å². The zero-order valence-electron chi connectivity index (χ0n) is 13.7. The van der Waals surface area contributed by atoms with Gasteiger partial charge in [0, 0.05) is 29.5 Å². The van der Waals surface area contributed by atoms with E-state index in [4.69, 9.17) is 16.3 Å². The normalized spacial score (nSPS) is 15.9. The molecule has 0 bridgehead atoms. The molecule has 1 unspecified atom stereocenters. The Morgan fingerprint density at radius 3 is 2.57 bits per heavy atom. The van der Waals surface area contributed by atoms with Gasteiger partial charge >= 0.3 is 0 Å². The van der Waals surface area contributed by atoms with Crippen molar-refractivity contribution in [2.24, 2.45) is 0 Å². The third-order valence-electron chi connectivity index (χ3n) is 3.40. The summed E-state index contributed by atoms with van der Waals surface area (Å²) in [4.78, 5) is 20.7. The van der Waals surface area contributed by atoms with Gasteiger partial charge in [-0.05, 0) is 33.6 Å². The Kier molecular flexibility index (Phi) is 6.30. The van der Waals surface area contributed by atoms with Crippen LogP contribution >= 0.6 is 11.6 Å². The van der Waals surface area contributed by atoms with E-state index in [2.05, 4.69) is 15.3 Å². The Bertz CT molecular complexity index is 609. The van der Waals surface area contributed by atoms with Crippen LogP contribution in [0.15, 0.2) is 35.2 Å². The minimum Gasteiger partial charge on any atom is -0.369 e. The average Bonchev–Trinajstić information content (AvgIpc) is 2.52. The minimum atomic E-state index is -0.300. The van der Waals surface area contributed by atoms with Crippen molar-refractivity contribution in [3.8, 4) is 0 Å². The molecule has 1 aliphatic rings. The molecule has 1 heterocycles. The van der Waals surface area contributed by atoms with Gasteiger partial charge in [-0.25, -0.2) is 9.97 Å². The number of amides is 1. The van der Waals surface area contributed by atoms with Crippen LogP contribution in [0.3, 0.4) is 0 Å². The van der Waals surface area contributed by atoms with E-state index in [1.54, 1.807) is 12.4 Å². The molecule has 1 aromatic rings. The number of carbonyl (C=O) groups is 1. The minimum absolute atomic E-state index is 0.0237. The van der Waals surface area contributed by atoms with E-state index in [1.807, 2.05) is 32.9 Å². The molecule has 0 spiro atoms. The lowest BCUT2D eigenvalue weighted by molar-refractivity contribution is -0.118. The number of carbonyl (C=O) groups excluding carboxylic acids is 1. The number of ether oxygens (including phenoxy) is 1. The Labute approximate surface area is 141 Å². The highest BCUT2D eigenvalue weighted by Gasteiger charge is 2.19. The molecule has 0 fully saturated rings. The Balaban J connectivity index is 2.03. The summed E-state index contributed by atoms with van der Waals surface area (Å²) in [6.07, 6.45) is 8.62. The Morgan fingerprint density at radius 1 is 1.30 bits per heavy atom. The van der Waals surface area contributed by atoms with Crippen molar-refractivity contribution < 1.29 is 9.53 Å². The highest BCUT2D eigenvalue weighted by molar-refractivity contribution is 6.35. The summed E-state index contributed by atoms with van der Waals surface area (Å²) in [5, 5.41) is 3.40. The molecule has 6 heteroatoms. The maximum Gasteiger partial charge on any atom is 0.252 e. The van der Waals surface area contributed by atoms with Gasteiger partial charge in [-0.1, -0.05) is 23.8 Å². The van der Waals surface area contributed by atoms with E-state index in [-0.39, 0.29) is 18.1 Å². The molecule has 1 aliphatic carbocycles. The van der Waals surface area contributed by atoms with E-state index in [9.17, 15) is 4.79 Å². The summed E-state index contributed by atoms with van der Waals surface area (Å²) < 4.78 is 5.88. The van der Waals surface area contributed by atoms with E-state index in [1.165, 1.54) is 0 Å². The van der Waals surface area contributed by atoms with Crippen LogP contribution in [0.2, 0.25) is 0 Å². The Hall–Kier alpha value is -1.72. The molecule has 23 heavy (non-hydrogen) atoms. The quantitative estimate of drug-likeness (QED) is 0.867. The molecule has 0 aliphatic heterocycles. The third-order valence-corrected chi connectivity index (χ3v) is 3.76. The predicted molar refractivity (Wildman–Crippen MR) is 90.0 cm³/mol.